The minimum atomic E-state index is -1.32. The number of ether oxygens (including phenoxy) is 1. The van der Waals surface area contributed by atoms with Gasteiger partial charge in [-0.3, -0.25) is 14.5 Å². The fourth-order valence-electron chi connectivity index (χ4n) is 2.57. The van der Waals surface area contributed by atoms with E-state index in [0.717, 1.165) is 22.5 Å². The van der Waals surface area contributed by atoms with Gasteiger partial charge in [-0.2, -0.15) is 0 Å². The van der Waals surface area contributed by atoms with E-state index in [4.69, 9.17) is 4.74 Å². The standard InChI is InChI=1S/C18H19N3O3S/c1-20(15-10-6-7-11-19-15)12-13-24-18(14-8-4-3-5-9-14)16(22)21(2)17(23)25-18/h3-11H,12-13H2,1-2H3. The van der Waals surface area contributed by atoms with Crippen molar-refractivity contribution >= 4 is 28.7 Å². The normalized spacial score (nSPS) is 20.2. The molecule has 0 N–H and O–H groups in total. The van der Waals surface area contributed by atoms with Crippen LogP contribution in [-0.2, 0) is 14.5 Å². The molecule has 1 aromatic heterocycles. The van der Waals surface area contributed by atoms with Gasteiger partial charge in [0, 0.05) is 32.4 Å². The first-order chi connectivity index (χ1) is 12.0. The Bertz CT molecular complexity index is 757. The Morgan fingerprint density at radius 2 is 1.88 bits per heavy atom. The van der Waals surface area contributed by atoms with Gasteiger partial charge in [-0.05, 0) is 23.9 Å². The van der Waals surface area contributed by atoms with E-state index in [-0.39, 0.29) is 17.8 Å². The fraction of sp³-hybridized carbons (Fsp3) is 0.278. The fourth-order valence-corrected chi connectivity index (χ4v) is 3.66. The summed E-state index contributed by atoms with van der Waals surface area (Å²) in [7, 11) is 3.38. The van der Waals surface area contributed by atoms with E-state index < -0.39 is 4.93 Å². The number of aromatic nitrogens is 1. The number of thioether (sulfide) groups is 1. The molecule has 3 rings (SSSR count). The van der Waals surface area contributed by atoms with Crippen LogP contribution in [0.1, 0.15) is 5.56 Å². The van der Waals surface area contributed by atoms with Crippen molar-refractivity contribution in [3.63, 3.8) is 0 Å². The van der Waals surface area contributed by atoms with E-state index in [0.29, 0.717) is 12.1 Å². The molecule has 0 radical (unpaired) electrons. The molecule has 2 heterocycles. The number of imide groups is 1. The number of amides is 2. The number of likely N-dealkylation sites (N-methyl/N-ethyl adjacent to an activating group) is 2. The number of pyridine rings is 1. The molecule has 25 heavy (non-hydrogen) atoms. The van der Waals surface area contributed by atoms with Gasteiger partial charge < -0.3 is 9.64 Å². The van der Waals surface area contributed by atoms with Crippen molar-refractivity contribution in [1.82, 2.24) is 9.88 Å². The van der Waals surface area contributed by atoms with Gasteiger partial charge in [0.2, 0.25) is 4.93 Å². The van der Waals surface area contributed by atoms with Crippen molar-refractivity contribution in [2.75, 3.05) is 32.1 Å². The third-order valence-electron chi connectivity index (χ3n) is 4.02. The van der Waals surface area contributed by atoms with Gasteiger partial charge in [-0.25, -0.2) is 4.98 Å². The smallest absolute Gasteiger partial charge is 0.291 e. The van der Waals surface area contributed by atoms with Gasteiger partial charge in [0.05, 0.1) is 6.61 Å². The summed E-state index contributed by atoms with van der Waals surface area (Å²) in [6.07, 6.45) is 1.72. The molecular formula is C18H19N3O3S. The Morgan fingerprint density at radius 3 is 2.48 bits per heavy atom. The summed E-state index contributed by atoms with van der Waals surface area (Å²) < 4.78 is 6.00. The number of hydrogen-bond acceptors (Lipinski definition) is 6. The lowest BCUT2D eigenvalue weighted by Gasteiger charge is -2.27. The lowest BCUT2D eigenvalue weighted by atomic mass is 10.1. The van der Waals surface area contributed by atoms with Crippen LogP contribution in [0.4, 0.5) is 10.6 Å². The molecule has 0 bridgehead atoms. The molecule has 0 spiro atoms. The minimum absolute atomic E-state index is 0.280. The van der Waals surface area contributed by atoms with Crippen molar-refractivity contribution in [2.24, 2.45) is 0 Å². The van der Waals surface area contributed by atoms with E-state index in [1.54, 1.807) is 18.3 Å². The van der Waals surface area contributed by atoms with E-state index in [1.165, 1.54) is 7.05 Å². The predicted molar refractivity (Wildman–Crippen MR) is 97.3 cm³/mol. The van der Waals surface area contributed by atoms with Crippen LogP contribution in [0, 0.1) is 0 Å². The van der Waals surface area contributed by atoms with Crippen molar-refractivity contribution in [2.45, 2.75) is 4.93 Å². The molecule has 130 valence electrons. The second-order valence-corrected chi connectivity index (χ2v) is 6.80. The summed E-state index contributed by atoms with van der Waals surface area (Å²) in [4.78, 5) is 30.8. The molecule has 0 aliphatic carbocycles. The van der Waals surface area contributed by atoms with E-state index >= 15 is 0 Å². The monoisotopic (exact) mass is 357 g/mol. The van der Waals surface area contributed by atoms with Crippen LogP contribution in [0.2, 0.25) is 0 Å². The highest BCUT2D eigenvalue weighted by Crippen LogP contribution is 2.45. The molecule has 0 saturated carbocycles. The maximum absolute atomic E-state index is 12.7. The highest BCUT2D eigenvalue weighted by molar-refractivity contribution is 8.15. The third kappa shape index (κ3) is 3.38. The van der Waals surface area contributed by atoms with Gasteiger partial charge in [-0.15, -0.1) is 0 Å². The number of benzene rings is 1. The van der Waals surface area contributed by atoms with Crippen molar-refractivity contribution in [3.8, 4) is 0 Å². The van der Waals surface area contributed by atoms with Crippen LogP contribution in [0.3, 0.4) is 0 Å². The predicted octanol–water partition coefficient (Wildman–Crippen LogP) is 2.71. The third-order valence-corrected chi connectivity index (χ3v) is 5.28. The Kier molecular flexibility index (Phi) is 5.06. The summed E-state index contributed by atoms with van der Waals surface area (Å²) in [5.41, 5.74) is 0.670. The quantitative estimate of drug-likeness (QED) is 0.792. The average molecular weight is 357 g/mol. The highest BCUT2D eigenvalue weighted by Gasteiger charge is 2.54. The summed E-state index contributed by atoms with van der Waals surface area (Å²) in [5.74, 6) is 0.465. The number of rotatable bonds is 6. The second kappa shape index (κ2) is 7.25. The zero-order valence-electron chi connectivity index (χ0n) is 14.1. The Hall–Kier alpha value is -2.38. The molecule has 1 fully saturated rings. The van der Waals surface area contributed by atoms with E-state index in [2.05, 4.69) is 4.98 Å². The molecule has 2 amide bonds. The van der Waals surface area contributed by atoms with Gasteiger partial charge in [0.25, 0.3) is 11.1 Å². The molecule has 1 unspecified atom stereocenters. The molecule has 1 atom stereocenters. The zero-order chi connectivity index (χ0) is 17.9. The van der Waals surface area contributed by atoms with E-state index in [9.17, 15) is 9.59 Å². The van der Waals surface area contributed by atoms with Crippen LogP contribution in [-0.4, -0.2) is 48.3 Å². The number of carbonyl (C=O) groups is 2. The number of anilines is 1. The SMILES string of the molecule is CN1C(=O)SC(OCCN(C)c2ccccn2)(c2ccccc2)C1=O. The summed E-state index contributed by atoms with van der Waals surface area (Å²) in [6.45, 7) is 0.819. The molecule has 2 aromatic rings. The average Bonchev–Trinajstić information content (AvgIpc) is 2.88. The first kappa shape index (κ1) is 17.4. The number of nitrogens with zero attached hydrogens (tertiary/aromatic N) is 3. The van der Waals surface area contributed by atoms with Crippen LogP contribution in [0.5, 0.6) is 0 Å². The second-order valence-electron chi connectivity index (χ2n) is 5.67. The topological polar surface area (TPSA) is 62.7 Å². The summed E-state index contributed by atoms with van der Waals surface area (Å²) in [6, 6.07) is 14.8. The molecule has 1 aromatic carbocycles. The van der Waals surface area contributed by atoms with Crippen LogP contribution in [0.25, 0.3) is 0 Å². The maximum atomic E-state index is 12.7. The van der Waals surface area contributed by atoms with Crippen molar-refractivity contribution in [1.29, 1.82) is 0 Å². The molecular weight excluding hydrogens is 338 g/mol. The summed E-state index contributed by atoms with van der Waals surface area (Å²) >= 11 is 0.911. The van der Waals surface area contributed by atoms with Gasteiger partial charge in [-0.1, -0.05) is 36.4 Å². The van der Waals surface area contributed by atoms with Gasteiger partial charge >= 0.3 is 0 Å². The van der Waals surface area contributed by atoms with E-state index in [1.807, 2.05) is 48.3 Å². The van der Waals surface area contributed by atoms with Crippen LogP contribution in [0.15, 0.2) is 54.7 Å². The largest absolute Gasteiger partial charge is 0.357 e. The molecule has 7 heteroatoms. The highest BCUT2D eigenvalue weighted by atomic mass is 32.2. The Balaban J connectivity index is 1.76. The first-order valence-corrected chi connectivity index (χ1v) is 8.69. The minimum Gasteiger partial charge on any atom is -0.357 e. The van der Waals surface area contributed by atoms with Crippen molar-refractivity contribution in [3.05, 3.63) is 60.3 Å². The molecule has 1 saturated heterocycles. The molecule has 6 nitrogen and oxygen atoms in total. The first-order valence-electron chi connectivity index (χ1n) is 7.87. The number of hydrogen-bond donors (Lipinski definition) is 0. The van der Waals surface area contributed by atoms with Gasteiger partial charge in [0.15, 0.2) is 0 Å². The lowest BCUT2D eigenvalue weighted by molar-refractivity contribution is -0.141. The molecule has 1 aliphatic heterocycles. The number of carbonyl (C=O) groups excluding carboxylic acids is 2. The van der Waals surface area contributed by atoms with Gasteiger partial charge in [0.1, 0.15) is 5.82 Å². The molecule has 1 aliphatic rings. The van der Waals surface area contributed by atoms with Crippen molar-refractivity contribution < 1.29 is 14.3 Å². The Morgan fingerprint density at radius 1 is 1.16 bits per heavy atom. The lowest BCUT2D eigenvalue weighted by Crippen LogP contribution is -2.39. The maximum Gasteiger partial charge on any atom is 0.291 e. The Labute approximate surface area is 150 Å². The summed E-state index contributed by atoms with van der Waals surface area (Å²) in [5, 5.41) is -0.313. The zero-order valence-corrected chi connectivity index (χ0v) is 14.9. The van der Waals surface area contributed by atoms with Crippen LogP contribution >= 0.6 is 11.8 Å². The van der Waals surface area contributed by atoms with Crippen LogP contribution < -0.4 is 4.90 Å².